The molecule has 3 unspecified atom stereocenters. The van der Waals surface area contributed by atoms with Crippen molar-refractivity contribution in [2.45, 2.75) is 38.2 Å². The summed E-state index contributed by atoms with van der Waals surface area (Å²) in [6.07, 6.45) is 7.71. The molecule has 0 saturated heterocycles. The third-order valence-corrected chi connectivity index (χ3v) is 3.35. The largest absolute Gasteiger partial charge is 0.459 e. The van der Waals surface area contributed by atoms with Crippen LogP contribution in [0.3, 0.4) is 0 Å². The van der Waals surface area contributed by atoms with Gasteiger partial charge in [-0.1, -0.05) is 19.4 Å². The maximum Gasteiger partial charge on any atom is 0.330 e. The number of fused-ring (bicyclic) bond motifs is 2. The van der Waals surface area contributed by atoms with Crippen LogP contribution in [0.5, 0.6) is 0 Å². The Morgan fingerprint density at radius 3 is 2.92 bits per heavy atom. The van der Waals surface area contributed by atoms with Gasteiger partial charge in [-0.3, -0.25) is 0 Å². The zero-order valence-electron chi connectivity index (χ0n) is 7.87. The minimum Gasteiger partial charge on any atom is -0.459 e. The Kier molecular flexibility index (Phi) is 2.38. The molecule has 0 amide bonds. The van der Waals surface area contributed by atoms with Crippen molar-refractivity contribution in [3.63, 3.8) is 0 Å². The van der Waals surface area contributed by atoms with Crippen molar-refractivity contribution in [3.05, 3.63) is 12.7 Å². The Bertz CT molecular complexity index is 222. The van der Waals surface area contributed by atoms with Crippen LogP contribution in [-0.2, 0) is 9.53 Å². The summed E-state index contributed by atoms with van der Waals surface area (Å²) >= 11 is 0. The summed E-state index contributed by atoms with van der Waals surface area (Å²) in [5, 5.41) is 0. The summed E-state index contributed by atoms with van der Waals surface area (Å²) in [7, 11) is 0. The van der Waals surface area contributed by atoms with Crippen LogP contribution in [0.2, 0.25) is 0 Å². The van der Waals surface area contributed by atoms with Crippen LogP contribution < -0.4 is 0 Å². The van der Waals surface area contributed by atoms with Crippen LogP contribution in [0.25, 0.3) is 0 Å². The SMILES string of the molecule is C=CC(=O)OC1CC2CCCC1C2. The highest BCUT2D eigenvalue weighted by molar-refractivity contribution is 5.81. The second kappa shape index (κ2) is 3.52. The molecule has 0 N–H and O–H groups in total. The lowest BCUT2D eigenvalue weighted by molar-refractivity contribution is -0.144. The van der Waals surface area contributed by atoms with E-state index in [9.17, 15) is 4.79 Å². The van der Waals surface area contributed by atoms with Gasteiger partial charge in [0.15, 0.2) is 0 Å². The number of carbonyl (C=O) groups excluding carboxylic acids is 1. The van der Waals surface area contributed by atoms with Gasteiger partial charge in [0, 0.05) is 6.08 Å². The average Bonchev–Trinajstić information content (AvgIpc) is 2.42. The molecule has 0 heterocycles. The van der Waals surface area contributed by atoms with Crippen molar-refractivity contribution >= 4 is 5.97 Å². The summed E-state index contributed by atoms with van der Waals surface area (Å²) < 4.78 is 5.32. The van der Waals surface area contributed by atoms with Gasteiger partial charge in [0.2, 0.25) is 0 Å². The number of hydrogen-bond donors (Lipinski definition) is 0. The maximum atomic E-state index is 11.0. The first-order chi connectivity index (χ1) is 6.29. The molecular formula is C11H16O2. The molecule has 0 spiro atoms. The molecule has 0 radical (unpaired) electrons. The summed E-state index contributed by atoms with van der Waals surface area (Å²) in [4.78, 5) is 11.0. The van der Waals surface area contributed by atoms with Gasteiger partial charge < -0.3 is 4.74 Å². The van der Waals surface area contributed by atoms with Crippen molar-refractivity contribution in [1.29, 1.82) is 0 Å². The Balaban J connectivity index is 1.93. The lowest BCUT2D eigenvalue weighted by Crippen LogP contribution is -2.20. The normalized spacial score (nSPS) is 37.1. The molecule has 2 nitrogen and oxygen atoms in total. The highest BCUT2D eigenvalue weighted by atomic mass is 16.5. The lowest BCUT2D eigenvalue weighted by atomic mass is 9.89. The monoisotopic (exact) mass is 180 g/mol. The fourth-order valence-electron chi connectivity index (χ4n) is 2.75. The number of esters is 1. The van der Waals surface area contributed by atoms with Gasteiger partial charge in [0.05, 0.1) is 0 Å². The molecule has 0 aromatic rings. The zero-order chi connectivity index (χ0) is 9.26. The molecule has 13 heavy (non-hydrogen) atoms. The zero-order valence-corrected chi connectivity index (χ0v) is 7.87. The number of hydrogen-bond acceptors (Lipinski definition) is 2. The van der Waals surface area contributed by atoms with E-state index in [0.29, 0.717) is 5.92 Å². The molecule has 0 aromatic heterocycles. The second-order valence-electron chi connectivity index (χ2n) is 4.21. The summed E-state index contributed by atoms with van der Waals surface area (Å²) in [5.41, 5.74) is 0. The molecule has 72 valence electrons. The molecule has 0 aromatic carbocycles. The summed E-state index contributed by atoms with van der Waals surface area (Å²) in [6.45, 7) is 3.41. The average molecular weight is 180 g/mol. The Labute approximate surface area is 79.0 Å². The van der Waals surface area contributed by atoms with Crippen molar-refractivity contribution in [2.75, 3.05) is 0 Å². The van der Waals surface area contributed by atoms with E-state index in [4.69, 9.17) is 4.74 Å². The Hall–Kier alpha value is -0.790. The van der Waals surface area contributed by atoms with Gasteiger partial charge in [-0.25, -0.2) is 4.79 Å². The van der Waals surface area contributed by atoms with Crippen molar-refractivity contribution < 1.29 is 9.53 Å². The van der Waals surface area contributed by atoms with Crippen LogP contribution >= 0.6 is 0 Å². The van der Waals surface area contributed by atoms with Crippen LogP contribution in [-0.4, -0.2) is 12.1 Å². The molecule has 2 heteroatoms. The minimum atomic E-state index is -0.252. The maximum absolute atomic E-state index is 11.0. The number of carbonyl (C=O) groups is 1. The quantitative estimate of drug-likeness (QED) is 0.481. The van der Waals surface area contributed by atoms with E-state index in [1.807, 2.05) is 0 Å². The molecule has 2 bridgehead atoms. The van der Waals surface area contributed by atoms with E-state index in [1.165, 1.54) is 31.8 Å². The van der Waals surface area contributed by atoms with Gasteiger partial charge in [-0.05, 0) is 31.1 Å². The fraction of sp³-hybridized carbons (Fsp3) is 0.727. The topological polar surface area (TPSA) is 26.3 Å². The van der Waals surface area contributed by atoms with E-state index < -0.39 is 0 Å². The number of ether oxygens (including phenoxy) is 1. The van der Waals surface area contributed by atoms with E-state index in [0.717, 1.165) is 12.3 Å². The van der Waals surface area contributed by atoms with Gasteiger partial charge in [-0.2, -0.15) is 0 Å². The summed E-state index contributed by atoms with van der Waals surface area (Å²) in [6, 6.07) is 0. The van der Waals surface area contributed by atoms with Crippen LogP contribution in [0.1, 0.15) is 32.1 Å². The Morgan fingerprint density at radius 2 is 2.23 bits per heavy atom. The van der Waals surface area contributed by atoms with Crippen LogP contribution in [0.15, 0.2) is 12.7 Å². The molecule has 2 saturated carbocycles. The predicted octanol–water partition coefficient (Wildman–Crippen LogP) is 2.29. The third-order valence-electron chi connectivity index (χ3n) is 3.35. The van der Waals surface area contributed by atoms with Gasteiger partial charge in [-0.15, -0.1) is 0 Å². The molecule has 0 aliphatic heterocycles. The van der Waals surface area contributed by atoms with Crippen molar-refractivity contribution in [3.8, 4) is 0 Å². The second-order valence-corrected chi connectivity index (χ2v) is 4.21. The molecule has 2 fully saturated rings. The molecular weight excluding hydrogens is 164 g/mol. The first-order valence-corrected chi connectivity index (χ1v) is 5.12. The van der Waals surface area contributed by atoms with E-state index >= 15 is 0 Å². The van der Waals surface area contributed by atoms with Gasteiger partial charge in [0.25, 0.3) is 0 Å². The summed E-state index contributed by atoms with van der Waals surface area (Å²) in [5.74, 6) is 1.21. The molecule has 3 atom stereocenters. The van der Waals surface area contributed by atoms with Crippen molar-refractivity contribution in [1.82, 2.24) is 0 Å². The first kappa shape index (κ1) is 8.79. The smallest absolute Gasteiger partial charge is 0.330 e. The van der Waals surface area contributed by atoms with Crippen LogP contribution in [0.4, 0.5) is 0 Å². The highest BCUT2D eigenvalue weighted by Crippen LogP contribution is 2.43. The van der Waals surface area contributed by atoms with Gasteiger partial charge in [0.1, 0.15) is 6.10 Å². The first-order valence-electron chi connectivity index (χ1n) is 5.12. The third kappa shape index (κ3) is 1.77. The molecule has 2 rings (SSSR count). The Morgan fingerprint density at radius 1 is 1.38 bits per heavy atom. The number of rotatable bonds is 2. The van der Waals surface area contributed by atoms with Crippen molar-refractivity contribution in [2.24, 2.45) is 11.8 Å². The standard InChI is InChI=1S/C11H16O2/c1-2-11(12)13-10-7-8-4-3-5-9(10)6-8/h2,8-10H,1,3-7H2. The fourth-order valence-corrected chi connectivity index (χ4v) is 2.75. The lowest BCUT2D eigenvalue weighted by Gasteiger charge is -2.20. The molecule has 2 aliphatic rings. The van der Waals surface area contributed by atoms with E-state index in [2.05, 4.69) is 6.58 Å². The predicted molar refractivity (Wildman–Crippen MR) is 50.1 cm³/mol. The molecule has 2 aliphatic carbocycles. The van der Waals surface area contributed by atoms with E-state index in [-0.39, 0.29) is 12.1 Å². The van der Waals surface area contributed by atoms with E-state index in [1.54, 1.807) is 0 Å². The highest BCUT2D eigenvalue weighted by Gasteiger charge is 2.38. The van der Waals surface area contributed by atoms with Crippen LogP contribution in [0, 0.1) is 11.8 Å². The van der Waals surface area contributed by atoms with Gasteiger partial charge >= 0.3 is 5.97 Å². The minimum absolute atomic E-state index is 0.193.